The number of rotatable bonds is 1. The molecule has 0 aliphatic heterocycles. The summed E-state index contributed by atoms with van der Waals surface area (Å²) in [5.41, 5.74) is 4.73. The van der Waals surface area contributed by atoms with Crippen LogP contribution in [-0.4, -0.2) is 7.11 Å². The lowest BCUT2D eigenvalue weighted by molar-refractivity contribution is -0.254. The van der Waals surface area contributed by atoms with E-state index in [0.717, 1.165) is 11.4 Å². The van der Waals surface area contributed by atoms with Crippen LogP contribution in [0.1, 0.15) is 0 Å². The summed E-state index contributed by atoms with van der Waals surface area (Å²) >= 11 is 0. The van der Waals surface area contributed by atoms with Crippen molar-refractivity contribution in [2.45, 2.75) is 0 Å². The predicted molar refractivity (Wildman–Crippen MR) is 35.5 cm³/mol. The van der Waals surface area contributed by atoms with Crippen molar-refractivity contribution in [2.75, 3.05) is 7.11 Å². The fourth-order valence-corrected chi connectivity index (χ4v) is 0.672. The summed E-state index contributed by atoms with van der Waals surface area (Å²) in [7, 11) is 1.65. The molecule has 1 rings (SSSR count). The van der Waals surface area contributed by atoms with Gasteiger partial charge in [0.25, 0.3) is 0 Å². The maximum Gasteiger partial charge on any atom is 0.131 e. The SMILES string of the molecule is COc1cccc([NH3+])c1. The molecule has 0 heterocycles. The smallest absolute Gasteiger partial charge is 0.131 e. The van der Waals surface area contributed by atoms with Crippen LogP contribution in [0.4, 0.5) is 5.69 Å². The summed E-state index contributed by atoms with van der Waals surface area (Å²) in [6.45, 7) is 0. The summed E-state index contributed by atoms with van der Waals surface area (Å²) in [4.78, 5) is 0. The number of methoxy groups -OCH3 is 1. The molecule has 3 N–H and O–H groups in total. The van der Waals surface area contributed by atoms with Crippen LogP contribution in [0.25, 0.3) is 0 Å². The van der Waals surface area contributed by atoms with Crippen LogP contribution in [0.5, 0.6) is 5.75 Å². The monoisotopic (exact) mass is 124 g/mol. The summed E-state index contributed by atoms with van der Waals surface area (Å²) in [5.74, 6) is 0.863. The van der Waals surface area contributed by atoms with Gasteiger partial charge in [0.05, 0.1) is 7.11 Å². The zero-order valence-electron chi connectivity index (χ0n) is 5.42. The van der Waals surface area contributed by atoms with Crippen LogP contribution in [0.2, 0.25) is 0 Å². The lowest BCUT2D eigenvalue weighted by Crippen LogP contribution is -2.39. The molecule has 2 heteroatoms. The summed E-state index contributed by atoms with van der Waals surface area (Å²) in [5, 5.41) is 0. The number of hydrogen-bond donors (Lipinski definition) is 1. The summed E-state index contributed by atoms with van der Waals surface area (Å²) in [6.07, 6.45) is 0. The third-order valence-electron chi connectivity index (χ3n) is 1.13. The first-order valence-corrected chi connectivity index (χ1v) is 2.79. The van der Waals surface area contributed by atoms with Crippen molar-refractivity contribution < 1.29 is 10.5 Å². The Morgan fingerprint density at radius 2 is 2.22 bits per heavy atom. The van der Waals surface area contributed by atoms with Gasteiger partial charge in [-0.15, -0.1) is 0 Å². The number of ether oxygens (including phenoxy) is 1. The Bertz CT molecular complexity index is 198. The fraction of sp³-hybridized carbons (Fsp3) is 0.143. The highest BCUT2D eigenvalue weighted by molar-refractivity contribution is 5.36. The van der Waals surface area contributed by atoms with Gasteiger partial charge >= 0.3 is 0 Å². The number of quaternary nitrogens is 1. The number of hydrogen-bond acceptors (Lipinski definition) is 1. The van der Waals surface area contributed by atoms with Gasteiger partial charge in [0.1, 0.15) is 11.4 Å². The normalized spacial score (nSPS) is 9.11. The van der Waals surface area contributed by atoms with E-state index in [4.69, 9.17) is 4.74 Å². The second-order valence-corrected chi connectivity index (χ2v) is 1.85. The Balaban J connectivity index is 2.94. The van der Waals surface area contributed by atoms with E-state index in [2.05, 4.69) is 5.73 Å². The minimum Gasteiger partial charge on any atom is -0.497 e. The average molecular weight is 124 g/mol. The molecule has 0 spiro atoms. The molecule has 1 aromatic carbocycles. The van der Waals surface area contributed by atoms with Gasteiger partial charge in [-0.2, -0.15) is 0 Å². The number of benzene rings is 1. The second kappa shape index (κ2) is 2.51. The van der Waals surface area contributed by atoms with Crippen molar-refractivity contribution in [2.24, 2.45) is 0 Å². The molecule has 48 valence electrons. The first-order valence-electron chi connectivity index (χ1n) is 2.79. The van der Waals surface area contributed by atoms with E-state index in [1.165, 1.54) is 0 Å². The predicted octanol–water partition coefficient (Wildman–Crippen LogP) is 0.569. The lowest BCUT2D eigenvalue weighted by Gasteiger charge is -1.95. The molecule has 0 saturated heterocycles. The first kappa shape index (κ1) is 6.11. The van der Waals surface area contributed by atoms with Crippen molar-refractivity contribution in [3.05, 3.63) is 24.3 Å². The molecule has 0 atom stereocenters. The maximum absolute atomic E-state index is 4.96. The minimum absolute atomic E-state index is 0.863. The Hall–Kier alpha value is -1.02. The quantitative estimate of drug-likeness (QED) is 0.583. The summed E-state index contributed by atoms with van der Waals surface area (Å²) < 4.78 is 4.96. The molecule has 0 unspecified atom stereocenters. The molecule has 0 aliphatic rings. The van der Waals surface area contributed by atoms with E-state index >= 15 is 0 Å². The molecule has 9 heavy (non-hydrogen) atoms. The Morgan fingerprint density at radius 3 is 2.67 bits per heavy atom. The highest BCUT2D eigenvalue weighted by atomic mass is 16.5. The van der Waals surface area contributed by atoms with Crippen LogP contribution in [0, 0.1) is 0 Å². The van der Waals surface area contributed by atoms with Crippen LogP contribution in [0.3, 0.4) is 0 Å². The molecule has 0 aliphatic carbocycles. The van der Waals surface area contributed by atoms with E-state index in [-0.39, 0.29) is 0 Å². The van der Waals surface area contributed by atoms with Crippen LogP contribution < -0.4 is 10.5 Å². The highest BCUT2D eigenvalue weighted by Gasteiger charge is 1.90. The van der Waals surface area contributed by atoms with Gasteiger partial charge in [0.2, 0.25) is 0 Å². The molecule has 0 fully saturated rings. The second-order valence-electron chi connectivity index (χ2n) is 1.85. The van der Waals surface area contributed by atoms with Gasteiger partial charge in [-0.25, -0.2) is 0 Å². The van der Waals surface area contributed by atoms with Gasteiger partial charge in [-0.3, -0.25) is 0 Å². The van der Waals surface area contributed by atoms with E-state index in [0.29, 0.717) is 0 Å². The van der Waals surface area contributed by atoms with Gasteiger partial charge in [0.15, 0.2) is 0 Å². The standard InChI is InChI=1S/C7H9NO/c1-9-7-4-2-3-6(8)5-7/h2-5H,8H2,1H3/p+1. The molecular weight excluding hydrogens is 114 g/mol. The molecule has 0 saturated carbocycles. The molecule has 1 aromatic rings. The Morgan fingerprint density at radius 1 is 1.44 bits per heavy atom. The zero-order chi connectivity index (χ0) is 6.69. The van der Waals surface area contributed by atoms with Gasteiger partial charge in [-0.05, 0) is 12.1 Å². The fourth-order valence-electron chi connectivity index (χ4n) is 0.672. The molecular formula is C7H10NO+. The van der Waals surface area contributed by atoms with Crippen molar-refractivity contribution in [1.29, 1.82) is 0 Å². The van der Waals surface area contributed by atoms with Crippen LogP contribution in [-0.2, 0) is 0 Å². The van der Waals surface area contributed by atoms with E-state index in [1.54, 1.807) is 7.11 Å². The zero-order valence-corrected chi connectivity index (χ0v) is 5.42. The van der Waals surface area contributed by atoms with E-state index < -0.39 is 0 Å². The Kier molecular flexibility index (Phi) is 1.70. The van der Waals surface area contributed by atoms with E-state index in [9.17, 15) is 0 Å². The minimum atomic E-state index is 0.863. The first-order chi connectivity index (χ1) is 4.33. The van der Waals surface area contributed by atoms with Gasteiger partial charge in [-0.1, -0.05) is 6.07 Å². The molecule has 0 radical (unpaired) electrons. The topological polar surface area (TPSA) is 36.9 Å². The Labute approximate surface area is 54.2 Å². The average Bonchev–Trinajstić information content (AvgIpc) is 1.88. The summed E-state index contributed by atoms with van der Waals surface area (Å²) in [6, 6.07) is 7.64. The van der Waals surface area contributed by atoms with Crippen molar-refractivity contribution in [3.63, 3.8) is 0 Å². The van der Waals surface area contributed by atoms with Crippen molar-refractivity contribution in [3.8, 4) is 5.75 Å². The molecule has 0 amide bonds. The van der Waals surface area contributed by atoms with Crippen molar-refractivity contribution >= 4 is 5.69 Å². The van der Waals surface area contributed by atoms with Gasteiger partial charge in [0, 0.05) is 6.07 Å². The molecule has 0 bridgehead atoms. The molecule has 0 aromatic heterocycles. The largest absolute Gasteiger partial charge is 0.497 e. The highest BCUT2D eigenvalue weighted by Crippen LogP contribution is 2.11. The van der Waals surface area contributed by atoms with Crippen LogP contribution in [0.15, 0.2) is 24.3 Å². The lowest BCUT2D eigenvalue weighted by atomic mass is 10.3. The maximum atomic E-state index is 4.96. The third kappa shape index (κ3) is 1.44. The van der Waals surface area contributed by atoms with Crippen molar-refractivity contribution in [1.82, 2.24) is 0 Å². The van der Waals surface area contributed by atoms with E-state index in [1.807, 2.05) is 24.3 Å². The third-order valence-corrected chi connectivity index (χ3v) is 1.13. The van der Waals surface area contributed by atoms with Gasteiger partial charge < -0.3 is 10.5 Å². The molecule has 2 nitrogen and oxygen atoms in total. The van der Waals surface area contributed by atoms with Crippen LogP contribution >= 0.6 is 0 Å².